The largest absolute Gasteiger partial charge is 0.508 e. The summed E-state index contributed by atoms with van der Waals surface area (Å²) in [5, 5.41) is 18.0. The number of alkyl carbamates (subject to hydrolysis) is 1. The topological polar surface area (TPSA) is 151 Å². The number of rotatable bonds is 10. The van der Waals surface area contributed by atoms with Gasteiger partial charge in [-0.1, -0.05) is 55.5 Å². The van der Waals surface area contributed by atoms with Crippen LogP contribution >= 0.6 is 0 Å². The molecule has 10 nitrogen and oxygen atoms in total. The number of carbonyl (C=O) groups is 4. The van der Waals surface area contributed by atoms with Gasteiger partial charge in [0.25, 0.3) is 5.91 Å². The average Bonchev–Trinajstić information content (AvgIpc) is 2.89. The number of ether oxygens (including phenoxy) is 1. The van der Waals surface area contributed by atoms with E-state index in [9.17, 15) is 24.3 Å². The maximum atomic E-state index is 14.1. The fourth-order valence-electron chi connectivity index (χ4n) is 4.44. The number of para-hydroxylation sites is 1. The van der Waals surface area contributed by atoms with Gasteiger partial charge in [0.1, 0.15) is 23.4 Å². The molecule has 0 spiro atoms. The SMILES string of the molecule is CCC(C)N(C(=O)C(CC(N)=O)NC(=O)OC(C)(C)C)C(C(=O)Nc1ccc2ccccc2c1)c1ccccc1O. The maximum Gasteiger partial charge on any atom is 0.408 e. The summed E-state index contributed by atoms with van der Waals surface area (Å²) in [5.41, 5.74) is 5.25. The molecule has 3 aromatic rings. The van der Waals surface area contributed by atoms with Crippen LogP contribution in [0.5, 0.6) is 5.75 Å². The molecule has 3 rings (SSSR count). The van der Waals surface area contributed by atoms with Gasteiger partial charge in [0.05, 0.1) is 6.42 Å². The van der Waals surface area contributed by atoms with Gasteiger partial charge in [-0.3, -0.25) is 14.4 Å². The molecule has 4 amide bonds. The summed E-state index contributed by atoms with van der Waals surface area (Å²) < 4.78 is 5.30. The highest BCUT2D eigenvalue weighted by Gasteiger charge is 2.40. The van der Waals surface area contributed by atoms with Crippen LogP contribution in [-0.4, -0.2) is 51.5 Å². The van der Waals surface area contributed by atoms with Crippen molar-refractivity contribution < 1.29 is 29.0 Å². The quantitative estimate of drug-likeness (QED) is 0.283. The zero-order valence-corrected chi connectivity index (χ0v) is 24.0. The van der Waals surface area contributed by atoms with Gasteiger partial charge >= 0.3 is 6.09 Å². The molecule has 218 valence electrons. The van der Waals surface area contributed by atoms with E-state index in [-0.39, 0.29) is 11.3 Å². The Balaban J connectivity index is 2.06. The van der Waals surface area contributed by atoms with E-state index in [1.165, 1.54) is 11.0 Å². The van der Waals surface area contributed by atoms with Crippen molar-refractivity contribution in [1.29, 1.82) is 0 Å². The summed E-state index contributed by atoms with van der Waals surface area (Å²) in [5.74, 6) is -2.35. The minimum atomic E-state index is -1.42. The van der Waals surface area contributed by atoms with Gasteiger partial charge in [-0.05, 0) is 63.1 Å². The zero-order valence-electron chi connectivity index (χ0n) is 24.0. The van der Waals surface area contributed by atoms with Crippen molar-refractivity contribution in [3.05, 3.63) is 72.3 Å². The highest BCUT2D eigenvalue weighted by atomic mass is 16.6. The number of primary amides is 1. The predicted molar refractivity (Wildman–Crippen MR) is 157 cm³/mol. The average molecular weight is 563 g/mol. The lowest BCUT2D eigenvalue weighted by Crippen LogP contribution is -2.55. The van der Waals surface area contributed by atoms with Crippen LogP contribution in [-0.2, 0) is 19.1 Å². The second-order valence-electron chi connectivity index (χ2n) is 10.9. The number of amides is 4. The van der Waals surface area contributed by atoms with Crippen LogP contribution in [0.3, 0.4) is 0 Å². The molecule has 0 bridgehead atoms. The molecule has 0 saturated heterocycles. The summed E-state index contributed by atoms with van der Waals surface area (Å²) in [7, 11) is 0. The number of phenolic OH excluding ortho intramolecular Hbond substituents is 1. The molecule has 3 atom stereocenters. The van der Waals surface area contributed by atoms with Gasteiger partial charge in [0.15, 0.2) is 0 Å². The molecule has 3 aromatic carbocycles. The monoisotopic (exact) mass is 562 g/mol. The summed E-state index contributed by atoms with van der Waals surface area (Å²) in [6, 6.07) is 16.0. The van der Waals surface area contributed by atoms with E-state index < -0.39 is 54.0 Å². The minimum absolute atomic E-state index is 0.175. The third-order valence-corrected chi connectivity index (χ3v) is 6.49. The molecule has 0 aliphatic carbocycles. The molecule has 10 heteroatoms. The molecule has 5 N–H and O–H groups in total. The number of fused-ring (bicyclic) bond motifs is 1. The molecular weight excluding hydrogens is 524 g/mol. The van der Waals surface area contributed by atoms with Gasteiger partial charge in [0, 0.05) is 17.3 Å². The third kappa shape index (κ3) is 8.20. The van der Waals surface area contributed by atoms with E-state index in [1.807, 2.05) is 43.3 Å². The summed E-state index contributed by atoms with van der Waals surface area (Å²) in [6.45, 7) is 8.55. The van der Waals surface area contributed by atoms with E-state index in [2.05, 4.69) is 10.6 Å². The Kier molecular flexibility index (Phi) is 9.94. The number of benzene rings is 3. The lowest BCUT2D eigenvalue weighted by Gasteiger charge is -2.38. The first-order chi connectivity index (χ1) is 19.3. The van der Waals surface area contributed by atoms with Crippen LogP contribution in [0, 0.1) is 0 Å². The molecule has 0 heterocycles. The number of nitrogens with zero attached hydrogens (tertiary/aromatic N) is 1. The van der Waals surface area contributed by atoms with Crippen molar-refractivity contribution in [2.45, 2.75) is 71.2 Å². The fourth-order valence-corrected chi connectivity index (χ4v) is 4.44. The molecule has 3 unspecified atom stereocenters. The van der Waals surface area contributed by atoms with Gasteiger partial charge in [0.2, 0.25) is 11.8 Å². The smallest absolute Gasteiger partial charge is 0.408 e. The molecule has 0 aromatic heterocycles. The number of phenols is 1. The highest BCUT2D eigenvalue weighted by Crippen LogP contribution is 2.33. The van der Waals surface area contributed by atoms with Gasteiger partial charge < -0.3 is 31.1 Å². The Hall–Kier alpha value is -4.60. The Morgan fingerprint density at radius 2 is 1.61 bits per heavy atom. The lowest BCUT2D eigenvalue weighted by molar-refractivity contribution is -0.144. The molecule has 0 fully saturated rings. The molecule has 0 saturated carbocycles. The van der Waals surface area contributed by atoms with E-state index in [1.54, 1.807) is 52.0 Å². The van der Waals surface area contributed by atoms with Crippen molar-refractivity contribution in [3.63, 3.8) is 0 Å². The third-order valence-electron chi connectivity index (χ3n) is 6.49. The summed E-state index contributed by atoms with van der Waals surface area (Å²) >= 11 is 0. The Morgan fingerprint density at radius 1 is 0.976 bits per heavy atom. The van der Waals surface area contributed by atoms with Crippen molar-refractivity contribution in [2.75, 3.05) is 5.32 Å². The van der Waals surface area contributed by atoms with Crippen molar-refractivity contribution in [3.8, 4) is 5.75 Å². The summed E-state index contributed by atoms with van der Waals surface area (Å²) in [4.78, 5) is 54.0. The first-order valence-electron chi connectivity index (χ1n) is 13.5. The molecule has 41 heavy (non-hydrogen) atoms. The first kappa shape index (κ1) is 30.9. The van der Waals surface area contributed by atoms with Gasteiger partial charge in [-0.25, -0.2) is 4.79 Å². The fraction of sp³-hybridized carbons (Fsp3) is 0.355. The van der Waals surface area contributed by atoms with Crippen LogP contribution in [0.2, 0.25) is 0 Å². The van der Waals surface area contributed by atoms with E-state index in [0.717, 1.165) is 10.8 Å². The van der Waals surface area contributed by atoms with E-state index in [0.29, 0.717) is 12.1 Å². The maximum absolute atomic E-state index is 14.1. The minimum Gasteiger partial charge on any atom is -0.508 e. The van der Waals surface area contributed by atoms with Gasteiger partial charge in [-0.2, -0.15) is 0 Å². The molecule has 0 aliphatic rings. The number of hydrogen-bond acceptors (Lipinski definition) is 6. The van der Waals surface area contributed by atoms with Crippen LogP contribution < -0.4 is 16.4 Å². The van der Waals surface area contributed by atoms with Crippen molar-refractivity contribution in [2.24, 2.45) is 5.73 Å². The van der Waals surface area contributed by atoms with E-state index >= 15 is 0 Å². The van der Waals surface area contributed by atoms with Crippen molar-refractivity contribution >= 4 is 40.3 Å². The standard InChI is InChI=1S/C31H38N4O6/c1-6-19(2)35(29(39)24(18-26(32)37)34-30(40)41-31(3,4)5)27(23-13-9-10-14-25(23)36)28(38)33-22-16-15-20-11-7-8-12-21(20)17-22/h7-17,19,24,27,36H,6,18H2,1-5H3,(H2,32,37)(H,33,38)(H,34,40). The predicted octanol–water partition coefficient (Wildman–Crippen LogP) is 4.62. The van der Waals surface area contributed by atoms with Crippen LogP contribution in [0.1, 0.15) is 59.1 Å². The van der Waals surface area contributed by atoms with E-state index in [4.69, 9.17) is 10.5 Å². The number of anilines is 1. The molecule has 0 radical (unpaired) electrons. The zero-order chi connectivity index (χ0) is 30.3. The van der Waals surface area contributed by atoms with Crippen LogP contribution in [0.4, 0.5) is 10.5 Å². The summed E-state index contributed by atoms with van der Waals surface area (Å²) in [6.07, 6.45) is -1.01. The number of nitrogens with one attached hydrogen (secondary N) is 2. The Labute approximate surface area is 239 Å². The molecular formula is C31H38N4O6. The number of carbonyl (C=O) groups excluding carboxylic acids is 4. The van der Waals surface area contributed by atoms with Crippen LogP contribution in [0.25, 0.3) is 10.8 Å². The Bertz CT molecular complexity index is 1420. The van der Waals surface area contributed by atoms with Crippen molar-refractivity contribution in [1.82, 2.24) is 10.2 Å². The second kappa shape index (κ2) is 13.2. The lowest BCUT2D eigenvalue weighted by atomic mass is 9.98. The number of hydrogen-bond donors (Lipinski definition) is 4. The normalized spacial score (nSPS) is 13.5. The number of nitrogens with two attached hydrogens (primary N) is 1. The second-order valence-corrected chi connectivity index (χ2v) is 10.9. The highest BCUT2D eigenvalue weighted by molar-refractivity contribution is 6.01. The Morgan fingerprint density at radius 3 is 2.22 bits per heavy atom. The number of aromatic hydroxyl groups is 1. The van der Waals surface area contributed by atoms with Gasteiger partial charge in [-0.15, -0.1) is 0 Å². The molecule has 0 aliphatic heterocycles. The van der Waals surface area contributed by atoms with Crippen LogP contribution in [0.15, 0.2) is 66.7 Å². The first-order valence-corrected chi connectivity index (χ1v) is 13.5.